The Hall–Kier alpha value is -3.09. The quantitative estimate of drug-likeness (QED) is 0.317. The van der Waals surface area contributed by atoms with E-state index in [9.17, 15) is 4.79 Å². The molecule has 0 radical (unpaired) electrons. The molecule has 6 heteroatoms. The summed E-state index contributed by atoms with van der Waals surface area (Å²) in [5, 5.41) is 0. The van der Waals surface area contributed by atoms with E-state index in [-0.39, 0.29) is 5.91 Å². The highest BCUT2D eigenvalue weighted by Gasteiger charge is 2.31. The molecule has 1 aliphatic rings. The van der Waals surface area contributed by atoms with Crippen LogP contribution < -0.4 is 9.47 Å². The summed E-state index contributed by atoms with van der Waals surface area (Å²) < 4.78 is 12.0. The lowest BCUT2D eigenvalue weighted by Gasteiger charge is -2.14. The summed E-state index contributed by atoms with van der Waals surface area (Å²) >= 11 is 6.79. The van der Waals surface area contributed by atoms with Crippen LogP contribution in [0, 0.1) is 0 Å². The number of amides is 1. The van der Waals surface area contributed by atoms with E-state index in [1.807, 2.05) is 72.8 Å². The van der Waals surface area contributed by atoms with Gasteiger partial charge in [-0.3, -0.25) is 9.69 Å². The summed E-state index contributed by atoms with van der Waals surface area (Å²) in [6.45, 7) is 1.03. The molecule has 1 saturated heterocycles. The summed E-state index contributed by atoms with van der Waals surface area (Å²) in [4.78, 5) is 15.2. The first-order valence-electron chi connectivity index (χ1n) is 10.3. The van der Waals surface area contributed by atoms with Gasteiger partial charge in [0, 0.05) is 6.54 Å². The largest absolute Gasteiger partial charge is 0.493 e. The third kappa shape index (κ3) is 5.39. The topological polar surface area (TPSA) is 38.8 Å². The van der Waals surface area contributed by atoms with Crippen molar-refractivity contribution in [3.63, 3.8) is 0 Å². The monoisotopic (exact) mass is 461 g/mol. The summed E-state index contributed by atoms with van der Waals surface area (Å²) in [5.74, 6) is 1.22. The average Bonchev–Trinajstić information content (AvgIpc) is 3.10. The standard InChI is InChI=1S/C26H23NO3S2/c1-29-23-16-21(12-13-22(23)30-18-20-10-6-3-7-11-20)17-24-25(28)27(26(31)32-24)15-14-19-8-4-2-5-9-19/h2-13,16-17H,14-15,18H2,1H3. The van der Waals surface area contributed by atoms with Crippen LogP contribution in [0.2, 0.25) is 0 Å². The molecule has 0 atom stereocenters. The molecule has 0 saturated carbocycles. The molecule has 3 aromatic rings. The van der Waals surface area contributed by atoms with Crippen LogP contribution in [-0.2, 0) is 17.8 Å². The molecule has 0 N–H and O–H groups in total. The minimum atomic E-state index is -0.0562. The third-order valence-electron chi connectivity index (χ3n) is 5.06. The van der Waals surface area contributed by atoms with Crippen LogP contribution >= 0.6 is 24.0 Å². The number of hydrogen-bond donors (Lipinski definition) is 0. The Labute approximate surface area is 197 Å². The lowest BCUT2D eigenvalue weighted by atomic mass is 10.1. The molecule has 32 heavy (non-hydrogen) atoms. The van der Waals surface area contributed by atoms with Crippen molar-refractivity contribution in [2.24, 2.45) is 0 Å². The second kappa shape index (κ2) is 10.5. The lowest BCUT2D eigenvalue weighted by molar-refractivity contribution is -0.122. The second-order valence-electron chi connectivity index (χ2n) is 7.25. The summed E-state index contributed by atoms with van der Waals surface area (Å²) in [5.41, 5.74) is 3.12. The maximum atomic E-state index is 12.9. The minimum Gasteiger partial charge on any atom is -0.493 e. The van der Waals surface area contributed by atoms with Crippen molar-refractivity contribution >= 4 is 40.3 Å². The summed E-state index contributed by atoms with van der Waals surface area (Å²) in [6, 6.07) is 25.7. The molecule has 0 aromatic heterocycles. The molecule has 1 aliphatic heterocycles. The van der Waals surface area contributed by atoms with Gasteiger partial charge < -0.3 is 9.47 Å². The summed E-state index contributed by atoms with van der Waals surface area (Å²) in [6.07, 6.45) is 2.62. The van der Waals surface area contributed by atoms with Crippen LogP contribution in [0.25, 0.3) is 6.08 Å². The van der Waals surface area contributed by atoms with E-state index in [4.69, 9.17) is 21.7 Å². The molecule has 4 nitrogen and oxygen atoms in total. The van der Waals surface area contributed by atoms with E-state index < -0.39 is 0 Å². The van der Waals surface area contributed by atoms with Crippen molar-refractivity contribution < 1.29 is 14.3 Å². The van der Waals surface area contributed by atoms with Crippen LogP contribution in [0.1, 0.15) is 16.7 Å². The second-order valence-corrected chi connectivity index (χ2v) is 8.93. The van der Waals surface area contributed by atoms with E-state index in [0.717, 1.165) is 17.5 Å². The van der Waals surface area contributed by atoms with Gasteiger partial charge in [0.05, 0.1) is 12.0 Å². The van der Waals surface area contributed by atoms with Gasteiger partial charge in [-0.25, -0.2) is 0 Å². The van der Waals surface area contributed by atoms with Crippen LogP contribution in [0.15, 0.2) is 83.8 Å². The van der Waals surface area contributed by atoms with Crippen LogP contribution in [-0.4, -0.2) is 28.8 Å². The zero-order chi connectivity index (χ0) is 22.3. The predicted octanol–water partition coefficient (Wildman–Crippen LogP) is 5.72. The van der Waals surface area contributed by atoms with Crippen LogP contribution in [0.3, 0.4) is 0 Å². The number of carbonyl (C=O) groups is 1. The molecular weight excluding hydrogens is 438 g/mol. The van der Waals surface area contributed by atoms with Crippen molar-refractivity contribution in [1.29, 1.82) is 0 Å². The van der Waals surface area contributed by atoms with Gasteiger partial charge in [0.15, 0.2) is 11.5 Å². The SMILES string of the molecule is COc1cc(C=C2SC(=S)N(CCc3ccccc3)C2=O)ccc1OCc1ccccc1. The fourth-order valence-electron chi connectivity index (χ4n) is 3.36. The molecule has 0 aliphatic carbocycles. The number of carbonyl (C=O) groups excluding carboxylic acids is 1. The van der Waals surface area contributed by atoms with Gasteiger partial charge in [-0.05, 0) is 41.3 Å². The zero-order valence-corrected chi connectivity index (χ0v) is 19.3. The Bertz CT molecular complexity index is 1130. The molecule has 1 heterocycles. The number of nitrogens with zero attached hydrogens (tertiary/aromatic N) is 1. The maximum absolute atomic E-state index is 12.9. The zero-order valence-electron chi connectivity index (χ0n) is 17.7. The molecule has 0 unspecified atom stereocenters. The Kier molecular flexibility index (Phi) is 7.24. The van der Waals surface area contributed by atoms with Gasteiger partial charge in [0.2, 0.25) is 0 Å². The van der Waals surface area contributed by atoms with Crippen LogP contribution in [0.4, 0.5) is 0 Å². The normalized spacial score (nSPS) is 14.8. The first-order chi connectivity index (χ1) is 15.6. The van der Waals surface area contributed by atoms with E-state index >= 15 is 0 Å². The number of ether oxygens (including phenoxy) is 2. The molecule has 1 amide bonds. The number of methoxy groups -OCH3 is 1. The van der Waals surface area contributed by atoms with Crippen molar-refractivity contribution in [2.45, 2.75) is 13.0 Å². The Balaban J connectivity index is 1.44. The van der Waals surface area contributed by atoms with Crippen molar-refractivity contribution in [2.75, 3.05) is 13.7 Å². The number of benzene rings is 3. The fourth-order valence-corrected chi connectivity index (χ4v) is 4.67. The average molecular weight is 462 g/mol. The highest BCUT2D eigenvalue weighted by molar-refractivity contribution is 8.26. The number of rotatable bonds is 8. The van der Waals surface area contributed by atoms with Crippen molar-refractivity contribution in [3.8, 4) is 11.5 Å². The van der Waals surface area contributed by atoms with E-state index in [1.165, 1.54) is 17.3 Å². The molecule has 162 valence electrons. The Morgan fingerprint density at radius 1 is 0.938 bits per heavy atom. The molecule has 4 rings (SSSR count). The molecular formula is C26H23NO3S2. The Morgan fingerprint density at radius 3 is 2.31 bits per heavy atom. The maximum Gasteiger partial charge on any atom is 0.266 e. The number of hydrogen-bond acceptors (Lipinski definition) is 5. The fraction of sp³-hybridized carbons (Fsp3) is 0.154. The molecule has 1 fully saturated rings. The highest BCUT2D eigenvalue weighted by atomic mass is 32.2. The third-order valence-corrected chi connectivity index (χ3v) is 6.44. The predicted molar refractivity (Wildman–Crippen MR) is 134 cm³/mol. The first kappa shape index (κ1) is 22.1. The van der Waals surface area contributed by atoms with Gasteiger partial charge in [-0.2, -0.15) is 0 Å². The van der Waals surface area contributed by atoms with Gasteiger partial charge in [0.25, 0.3) is 5.91 Å². The Morgan fingerprint density at radius 2 is 1.62 bits per heavy atom. The van der Waals surface area contributed by atoms with Crippen molar-refractivity contribution in [3.05, 3.63) is 100 Å². The number of thioether (sulfide) groups is 1. The van der Waals surface area contributed by atoms with E-state index in [0.29, 0.717) is 33.9 Å². The summed E-state index contributed by atoms with van der Waals surface area (Å²) in [7, 11) is 1.61. The first-order valence-corrected chi connectivity index (χ1v) is 11.5. The van der Waals surface area contributed by atoms with E-state index in [1.54, 1.807) is 12.0 Å². The number of thiocarbonyl (C=S) groups is 1. The van der Waals surface area contributed by atoms with Crippen molar-refractivity contribution in [1.82, 2.24) is 4.90 Å². The lowest BCUT2D eigenvalue weighted by Crippen LogP contribution is -2.30. The highest BCUT2D eigenvalue weighted by Crippen LogP contribution is 2.35. The van der Waals surface area contributed by atoms with Crippen LogP contribution in [0.5, 0.6) is 11.5 Å². The van der Waals surface area contributed by atoms with Gasteiger partial charge >= 0.3 is 0 Å². The van der Waals surface area contributed by atoms with E-state index in [2.05, 4.69) is 12.1 Å². The van der Waals surface area contributed by atoms with Gasteiger partial charge in [-0.1, -0.05) is 90.7 Å². The minimum absolute atomic E-state index is 0.0562. The smallest absolute Gasteiger partial charge is 0.266 e. The van der Waals surface area contributed by atoms with Gasteiger partial charge in [-0.15, -0.1) is 0 Å². The molecule has 0 spiro atoms. The molecule has 0 bridgehead atoms. The van der Waals surface area contributed by atoms with Gasteiger partial charge in [0.1, 0.15) is 10.9 Å². The molecule has 3 aromatic carbocycles.